The van der Waals surface area contributed by atoms with E-state index >= 15 is 0 Å². The average molecular weight is 295 g/mol. The molecule has 0 amide bonds. The number of ether oxygens (including phenoxy) is 1. The highest BCUT2D eigenvalue weighted by Gasteiger charge is 2.29. The van der Waals surface area contributed by atoms with Crippen LogP contribution in [0.4, 0.5) is 0 Å². The molecule has 0 heterocycles. The van der Waals surface area contributed by atoms with Gasteiger partial charge in [-0.2, -0.15) is 11.8 Å². The predicted molar refractivity (Wildman–Crippen MR) is 85.8 cm³/mol. The summed E-state index contributed by atoms with van der Waals surface area (Å²) in [6.07, 6.45) is 3.37. The van der Waals surface area contributed by atoms with Gasteiger partial charge in [0.15, 0.2) is 0 Å². The third-order valence-corrected chi connectivity index (χ3v) is 4.90. The highest BCUT2D eigenvalue weighted by atomic mass is 32.2. The van der Waals surface area contributed by atoms with Gasteiger partial charge >= 0.3 is 0 Å². The largest absolute Gasteiger partial charge is 0.497 e. The molecule has 0 radical (unpaired) electrons. The van der Waals surface area contributed by atoms with Crippen LogP contribution in [0.15, 0.2) is 24.3 Å². The minimum atomic E-state index is 0.311. The number of benzene rings is 1. The maximum absolute atomic E-state index is 8.70. The van der Waals surface area contributed by atoms with Crippen LogP contribution >= 0.6 is 11.8 Å². The second kappa shape index (κ2) is 8.55. The molecule has 1 aliphatic rings. The zero-order chi connectivity index (χ0) is 14.2. The second-order valence-corrected chi connectivity index (χ2v) is 6.51. The maximum atomic E-state index is 8.70. The minimum Gasteiger partial charge on any atom is -0.497 e. The van der Waals surface area contributed by atoms with Crippen LogP contribution in [-0.4, -0.2) is 42.9 Å². The maximum Gasteiger partial charge on any atom is 0.119 e. The Bertz CT molecular complexity index is 394. The molecule has 20 heavy (non-hydrogen) atoms. The van der Waals surface area contributed by atoms with Gasteiger partial charge in [-0.1, -0.05) is 12.1 Å². The first-order valence-electron chi connectivity index (χ1n) is 7.39. The molecule has 0 atom stereocenters. The third kappa shape index (κ3) is 4.69. The lowest BCUT2D eigenvalue weighted by Gasteiger charge is -2.36. The molecule has 1 saturated carbocycles. The molecule has 0 bridgehead atoms. The molecule has 2 N–H and O–H groups in total. The Kier molecular flexibility index (Phi) is 6.70. The SMILES string of the molecule is COc1cccc(C2CC(NCCSCCCO)C2)c1. The van der Waals surface area contributed by atoms with Crippen molar-refractivity contribution in [2.45, 2.75) is 31.2 Å². The van der Waals surface area contributed by atoms with Crippen molar-refractivity contribution in [2.24, 2.45) is 0 Å². The zero-order valence-corrected chi connectivity index (χ0v) is 13.0. The standard InChI is InChI=1S/C16H25NO2S/c1-19-16-5-2-4-13(12-16)14-10-15(11-14)17-6-9-20-8-3-7-18/h2,4-5,12,14-15,17-18H,3,6-11H2,1H3. The number of hydrogen-bond donors (Lipinski definition) is 2. The first-order chi connectivity index (χ1) is 9.83. The van der Waals surface area contributed by atoms with Crippen molar-refractivity contribution < 1.29 is 9.84 Å². The van der Waals surface area contributed by atoms with Gasteiger partial charge in [0.05, 0.1) is 7.11 Å². The number of rotatable bonds is 9. The quantitative estimate of drug-likeness (QED) is 0.687. The van der Waals surface area contributed by atoms with E-state index in [1.165, 1.54) is 18.4 Å². The van der Waals surface area contributed by atoms with E-state index in [0.29, 0.717) is 18.6 Å². The molecule has 1 aliphatic carbocycles. The van der Waals surface area contributed by atoms with Gasteiger partial charge in [-0.15, -0.1) is 0 Å². The van der Waals surface area contributed by atoms with Gasteiger partial charge in [-0.05, 0) is 48.6 Å². The highest BCUT2D eigenvalue weighted by Crippen LogP contribution is 2.37. The topological polar surface area (TPSA) is 41.5 Å². The molecule has 3 nitrogen and oxygen atoms in total. The molecule has 0 aliphatic heterocycles. The number of methoxy groups -OCH3 is 1. The van der Waals surface area contributed by atoms with E-state index in [4.69, 9.17) is 9.84 Å². The van der Waals surface area contributed by atoms with Crippen molar-refractivity contribution >= 4 is 11.8 Å². The van der Waals surface area contributed by atoms with Crippen LogP contribution < -0.4 is 10.1 Å². The van der Waals surface area contributed by atoms with E-state index in [1.807, 2.05) is 17.8 Å². The molecule has 4 heteroatoms. The minimum absolute atomic E-state index is 0.311. The molecular weight excluding hydrogens is 270 g/mol. The van der Waals surface area contributed by atoms with Crippen LogP contribution in [0, 0.1) is 0 Å². The Morgan fingerprint density at radius 3 is 2.95 bits per heavy atom. The molecule has 0 aromatic heterocycles. The molecular formula is C16H25NO2S. The van der Waals surface area contributed by atoms with E-state index in [1.54, 1.807) is 7.11 Å². The van der Waals surface area contributed by atoms with Crippen molar-refractivity contribution in [1.82, 2.24) is 5.32 Å². The van der Waals surface area contributed by atoms with Crippen LogP contribution in [0.1, 0.15) is 30.7 Å². The van der Waals surface area contributed by atoms with Crippen molar-refractivity contribution in [3.05, 3.63) is 29.8 Å². The van der Waals surface area contributed by atoms with Crippen molar-refractivity contribution in [2.75, 3.05) is 31.8 Å². The van der Waals surface area contributed by atoms with Crippen LogP contribution in [0.2, 0.25) is 0 Å². The summed E-state index contributed by atoms with van der Waals surface area (Å²) in [6.45, 7) is 1.39. The summed E-state index contributed by atoms with van der Waals surface area (Å²) in [5, 5.41) is 12.3. The lowest BCUT2D eigenvalue weighted by Crippen LogP contribution is -2.41. The Labute approximate surface area is 126 Å². The monoisotopic (exact) mass is 295 g/mol. The molecule has 1 aromatic carbocycles. The van der Waals surface area contributed by atoms with E-state index in [-0.39, 0.29) is 0 Å². The molecule has 0 unspecified atom stereocenters. The molecule has 2 rings (SSSR count). The van der Waals surface area contributed by atoms with Gasteiger partial charge in [0.2, 0.25) is 0 Å². The molecule has 0 spiro atoms. The van der Waals surface area contributed by atoms with Gasteiger partial charge in [0, 0.05) is 24.9 Å². The van der Waals surface area contributed by atoms with Crippen molar-refractivity contribution in [3.63, 3.8) is 0 Å². The first-order valence-corrected chi connectivity index (χ1v) is 8.55. The van der Waals surface area contributed by atoms with Crippen molar-refractivity contribution in [1.29, 1.82) is 0 Å². The van der Waals surface area contributed by atoms with Gasteiger partial charge in [-0.3, -0.25) is 0 Å². The number of thioether (sulfide) groups is 1. The molecule has 1 fully saturated rings. The zero-order valence-electron chi connectivity index (χ0n) is 12.2. The summed E-state index contributed by atoms with van der Waals surface area (Å²) in [7, 11) is 1.72. The normalized spacial score (nSPS) is 21.5. The summed E-state index contributed by atoms with van der Waals surface area (Å²) in [4.78, 5) is 0. The summed E-state index contributed by atoms with van der Waals surface area (Å²) in [5.74, 6) is 3.85. The lowest BCUT2D eigenvalue weighted by molar-refractivity contribution is 0.295. The summed E-state index contributed by atoms with van der Waals surface area (Å²) in [6, 6.07) is 9.11. The van der Waals surface area contributed by atoms with Gasteiger partial charge < -0.3 is 15.2 Å². The molecule has 0 saturated heterocycles. The smallest absolute Gasteiger partial charge is 0.119 e. The van der Waals surface area contributed by atoms with E-state index < -0.39 is 0 Å². The van der Waals surface area contributed by atoms with Crippen LogP contribution in [0.5, 0.6) is 5.75 Å². The fraction of sp³-hybridized carbons (Fsp3) is 0.625. The predicted octanol–water partition coefficient (Wildman–Crippen LogP) is 2.65. The van der Waals surface area contributed by atoms with Crippen LogP contribution in [0.3, 0.4) is 0 Å². The Morgan fingerprint density at radius 1 is 1.35 bits per heavy atom. The van der Waals surface area contributed by atoms with Crippen LogP contribution in [-0.2, 0) is 0 Å². The van der Waals surface area contributed by atoms with E-state index in [9.17, 15) is 0 Å². The van der Waals surface area contributed by atoms with Crippen molar-refractivity contribution in [3.8, 4) is 5.75 Å². The Balaban J connectivity index is 1.59. The second-order valence-electron chi connectivity index (χ2n) is 5.29. The fourth-order valence-electron chi connectivity index (χ4n) is 2.56. The fourth-order valence-corrected chi connectivity index (χ4v) is 3.36. The van der Waals surface area contributed by atoms with Crippen LogP contribution in [0.25, 0.3) is 0 Å². The number of hydrogen-bond acceptors (Lipinski definition) is 4. The first kappa shape index (κ1) is 15.7. The van der Waals surface area contributed by atoms with Gasteiger partial charge in [0.25, 0.3) is 0 Å². The summed E-state index contributed by atoms with van der Waals surface area (Å²) >= 11 is 1.92. The lowest BCUT2D eigenvalue weighted by atomic mass is 9.76. The van der Waals surface area contributed by atoms with E-state index in [2.05, 4.69) is 23.5 Å². The number of nitrogens with one attached hydrogen (secondary N) is 1. The summed E-state index contributed by atoms with van der Waals surface area (Å²) < 4.78 is 5.28. The number of aliphatic hydroxyl groups excluding tert-OH is 1. The average Bonchev–Trinajstić information content (AvgIpc) is 2.44. The highest BCUT2D eigenvalue weighted by molar-refractivity contribution is 7.99. The molecule has 112 valence electrons. The van der Waals surface area contributed by atoms with Gasteiger partial charge in [0.1, 0.15) is 5.75 Å². The summed E-state index contributed by atoms with van der Waals surface area (Å²) in [5.41, 5.74) is 1.40. The van der Waals surface area contributed by atoms with Gasteiger partial charge in [-0.25, -0.2) is 0 Å². The molecule has 1 aromatic rings. The third-order valence-electron chi connectivity index (χ3n) is 3.83. The number of aliphatic hydroxyl groups is 1. The Hall–Kier alpha value is -0.710. The Morgan fingerprint density at radius 2 is 2.20 bits per heavy atom. The van der Waals surface area contributed by atoms with E-state index in [0.717, 1.165) is 30.2 Å².